The second kappa shape index (κ2) is 18.8. The highest BCUT2D eigenvalue weighted by Gasteiger charge is 2.33. The minimum atomic E-state index is -1.44. The van der Waals surface area contributed by atoms with Crippen molar-refractivity contribution in [1.29, 1.82) is 0 Å². The molecule has 0 aromatic heterocycles. The van der Waals surface area contributed by atoms with Crippen LogP contribution in [0.2, 0.25) is 0 Å². The van der Waals surface area contributed by atoms with Crippen molar-refractivity contribution in [2.45, 2.75) is 111 Å². The van der Waals surface area contributed by atoms with Crippen LogP contribution < -0.4 is 14.8 Å². The summed E-state index contributed by atoms with van der Waals surface area (Å²) in [5.74, 6) is -2.31. The van der Waals surface area contributed by atoms with Crippen LogP contribution in [0.3, 0.4) is 0 Å². The molecule has 0 aliphatic heterocycles. The highest BCUT2D eigenvalue weighted by molar-refractivity contribution is 5.70. The second-order valence-electron chi connectivity index (χ2n) is 12.7. The number of alkyl carbamates (subject to hydrolysis) is 1. The van der Waals surface area contributed by atoms with E-state index in [0.29, 0.717) is 63.1 Å². The standard InChI is InChI=1S/C33H55NO10/c1-10-14-33(21-35,41-9)43-28-13-12-24(19-29(28)42-16-11-15-40-8)18-25(22(2)3)20-26(27(36)17-23(4)30(37)38)34-31(39)44-32(5,6)7/h12-13,19,21-23,25-27,36H,10-11,14-18,20H2,1-9H3,(H,34,39)(H,37,38). The van der Waals surface area contributed by atoms with Crippen LogP contribution in [0.5, 0.6) is 11.5 Å². The molecular formula is C33H55NO10. The van der Waals surface area contributed by atoms with Crippen LogP contribution in [0.15, 0.2) is 18.2 Å². The summed E-state index contributed by atoms with van der Waals surface area (Å²) in [5.41, 5.74) is 0.183. The van der Waals surface area contributed by atoms with Gasteiger partial charge in [-0.3, -0.25) is 9.59 Å². The number of hydrogen-bond donors (Lipinski definition) is 3. The third-order valence-corrected chi connectivity index (χ3v) is 7.35. The van der Waals surface area contributed by atoms with E-state index in [-0.39, 0.29) is 18.3 Å². The molecule has 11 nitrogen and oxygen atoms in total. The first-order valence-electron chi connectivity index (χ1n) is 15.5. The molecule has 0 saturated carbocycles. The third-order valence-electron chi connectivity index (χ3n) is 7.35. The fourth-order valence-electron chi connectivity index (χ4n) is 4.74. The molecule has 1 rings (SSSR count). The zero-order valence-corrected chi connectivity index (χ0v) is 28.0. The van der Waals surface area contributed by atoms with Crippen molar-refractivity contribution in [2.75, 3.05) is 27.4 Å². The quantitative estimate of drug-likeness (QED) is 0.0922. The minimum Gasteiger partial charge on any atom is -0.490 e. The van der Waals surface area contributed by atoms with Gasteiger partial charge in [0.1, 0.15) is 5.60 Å². The summed E-state index contributed by atoms with van der Waals surface area (Å²) in [4.78, 5) is 36.2. The van der Waals surface area contributed by atoms with Crippen LogP contribution in [0.4, 0.5) is 4.79 Å². The maximum atomic E-state index is 12.7. The number of ether oxygens (including phenoxy) is 5. The predicted molar refractivity (Wildman–Crippen MR) is 167 cm³/mol. The molecule has 1 amide bonds. The Labute approximate surface area is 262 Å². The Hall–Kier alpha value is -2.89. The normalized spacial score (nSPS) is 15.9. The molecule has 0 saturated heterocycles. The van der Waals surface area contributed by atoms with Crippen molar-refractivity contribution in [1.82, 2.24) is 5.32 Å². The number of aliphatic hydroxyl groups excluding tert-OH is 1. The third kappa shape index (κ3) is 13.8. The van der Waals surface area contributed by atoms with Crippen LogP contribution >= 0.6 is 0 Å². The molecule has 44 heavy (non-hydrogen) atoms. The summed E-state index contributed by atoms with van der Waals surface area (Å²) in [5, 5.41) is 23.3. The van der Waals surface area contributed by atoms with Crippen LogP contribution in [0, 0.1) is 17.8 Å². The molecule has 3 N–H and O–H groups in total. The summed E-state index contributed by atoms with van der Waals surface area (Å²) in [6, 6.07) is 4.78. The van der Waals surface area contributed by atoms with Crippen LogP contribution in [0.1, 0.15) is 86.1 Å². The van der Waals surface area contributed by atoms with E-state index in [1.165, 1.54) is 14.0 Å². The number of carbonyl (C=O) groups excluding carboxylic acids is 2. The summed E-state index contributed by atoms with van der Waals surface area (Å²) in [6.45, 7) is 13.7. The number of rotatable bonds is 21. The van der Waals surface area contributed by atoms with Crippen molar-refractivity contribution < 1.29 is 48.3 Å². The lowest BCUT2D eigenvalue weighted by atomic mass is 9.82. The molecule has 0 bridgehead atoms. The van der Waals surface area contributed by atoms with Gasteiger partial charge in [0, 0.05) is 33.7 Å². The molecule has 0 fully saturated rings. The summed E-state index contributed by atoms with van der Waals surface area (Å²) >= 11 is 0. The summed E-state index contributed by atoms with van der Waals surface area (Å²) in [6.07, 6.45) is 1.47. The topological polar surface area (TPSA) is 150 Å². The first-order valence-corrected chi connectivity index (χ1v) is 15.5. The van der Waals surface area contributed by atoms with Crippen LogP contribution in [0.25, 0.3) is 0 Å². The molecule has 0 aliphatic carbocycles. The van der Waals surface area contributed by atoms with E-state index in [2.05, 4.69) is 19.2 Å². The van der Waals surface area contributed by atoms with Crippen LogP contribution in [-0.2, 0) is 30.2 Å². The molecule has 5 unspecified atom stereocenters. The van der Waals surface area contributed by atoms with Gasteiger partial charge in [0.05, 0.1) is 24.7 Å². The maximum Gasteiger partial charge on any atom is 0.407 e. The summed E-state index contributed by atoms with van der Waals surface area (Å²) in [7, 11) is 3.05. The highest BCUT2D eigenvalue weighted by atomic mass is 16.7. The number of benzene rings is 1. The first-order chi connectivity index (χ1) is 20.6. The molecule has 0 heterocycles. The summed E-state index contributed by atoms with van der Waals surface area (Å²) < 4.78 is 28.2. The zero-order chi connectivity index (χ0) is 33.5. The monoisotopic (exact) mass is 625 g/mol. The number of aliphatic carboxylic acids is 1. The molecule has 0 spiro atoms. The van der Waals surface area contributed by atoms with Crippen molar-refractivity contribution in [3.05, 3.63) is 23.8 Å². The number of aliphatic hydroxyl groups is 1. The van der Waals surface area contributed by atoms with Gasteiger partial charge < -0.3 is 39.2 Å². The number of carboxylic acid groups (broad SMARTS) is 1. The number of nitrogens with one attached hydrogen (secondary N) is 1. The van der Waals surface area contributed by atoms with Crippen molar-refractivity contribution in [2.24, 2.45) is 17.8 Å². The lowest BCUT2D eigenvalue weighted by Crippen LogP contribution is -2.47. The van der Waals surface area contributed by atoms with Crippen molar-refractivity contribution in [3.63, 3.8) is 0 Å². The van der Waals surface area contributed by atoms with Gasteiger partial charge in [-0.25, -0.2) is 4.79 Å². The number of hydrogen-bond acceptors (Lipinski definition) is 9. The van der Waals surface area contributed by atoms with Crippen molar-refractivity contribution >= 4 is 18.3 Å². The minimum absolute atomic E-state index is 0.0223. The Morgan fingerprint density at radius 1 is 1.05 bits per heavy atom. The smallest absolute Gasteiger partial charge is 0.407 e. The lowest BCUT2D eigenvalue weighted by Gasteiger charge is -2.32. The average Bonchev–Trinajstić information content (AvgIpc) is 2.94. The van der Waals surface area contributed by atoms with Crippen molar-refractivity contribution in [3.8, 4) is 11.5 Å². The average molecular weight is 626 g/mol. The van der Waals surface area contributed by atoms with E-state index >= 15 is 0 Å². The van der Waals surface area contributed by atoms with E-state index in [0.717, 1.165) is 5.56 Å². The fourth-order valence-corrected chi connectivity index (χ4v) is 4.74. The van der Waals surface area contributed by atoms with E-state index in [9.17, 15) is 24.6 Å². The number of aldehydes is 1. The number of carboxylic acids is 1. The van der Waals surface area contributed by atoms with E-state index in [4.69, 9.17) is 23.7 Å². The van der Waals surface area contributed by atoms with E-state index in [1.54, 1.807) is 33.9 Å². The lowest BCUT2D eigenvalue weighted by molar-refractivity contribution is -0.173. The Kier molecular flexibility index (Phi) is 16.7. The number of methoxy groups -OCH3 is 2. The number of carbonyl (C=O) groups is 3. The van der Waals surface area contributed by atoms with Crippen LogP contribution in [-0.4, -0.2) is 79.5 Å². The molecule has 1 aromatic rings. The largest absolute Gasteiger partial charge is 0.490 e. The SMILES string of the molecule is CCCC(C=O)(OC)Oc1ccc(CC(CC(NC(=O)OC(C)(C)C)C(O)CC(C)C(=O)O)C(C)C)cc1OCCCOC. The van der Waals surface area contributed by atoms with Gasteiger partial charge in [-0.2, -0.15) is 0 Å². The van der Waals surface area contributed by atoms with Gasteiger partial charge in [0.15, 0.2) is 17.8 Å². The van der Waals surface area contributed by atoms with Gasteiger partial charge in [0.2, 0.25) is 0 Å². The maximum absolute atomic E-state index is 12.7. The molecule has 5 atom stereocenters. The van der Waals surface area contributed by atoms with Gasteiger partial charge in [-0.05, 0) is 76.0 Å². The Balaban J connectivity index is 3.35. The fraction of sp³-hybridized carbons (Fsp3) is 0.727. The molecule has 0 aliphatic rings. The molecule has 11 heteroatoms. The van der Waals surface area contributed by atoms with Gasteiger partial charge in [-0.15, -0.1) is 0 Å². The first kappa shape index (κ1) is 39.1. The Morgan fingerprint density at radius 3 is 2.25 bits per heavy atom. The number of amides is 1. The van der Waals surface area contributed by atoms with Gasteiger partial charge >= 0.3 is 12.1 Å². The molecule has 1 aromatic carbocycles. The molecular weight excluding hydrogens is 570 g/mol. The highest BCUT2D eigenvalue weighted by Crippen LogP contribution is 2.35. The zero-order valence-electron chi connectivity index (χ0n) is 28.0. The van der Waals surface area contributed by atoms with E-state index < -0.39 is 41.5 Å². The predicted octanol–water partition coefficient (Wildman–Crippen LogP) is 5.39. The molecule has 252 valence electrons. The van der Waals surface area contributed by atoms with E-state index in [1.807, 2.05) is 19.1 Å². The Morgan fingerprint density at radius 2 is 1.73 bits per heavy atom. The second-order valence-corrected chi connectivity index (χ2v) is 12.7. The van der Waals surface area contributed by atoms with Gasteiger partial charge in [-0.1, -0.05) is 33.8 Å². The molecule has 0 radical (unpaired) electrons. The van der Waals surface area contributed by atoms with Gasteiger partial charge in [0.25, 0.3) is 5.79 Å². The Bertz CT molecular complexity index is 1020.